The van der Waals surface area contributed by atoms with Crippen LogP contribution in [0, 0.1) is 19.3 Å². The van der Waals surface area contributed by atoms with Crippen molar-refractivity contribution in [1.82, 2.24) is 20.6 Å². The van der Waals surface area contributed by atoms with Crippen LogP contribution in [-0.2, 0) is 39.8 Å². The van der Waals surface area contributed by atoms with E-state index in [2.05, 4.69) is 20.6 Å². The molecule has 11 nitrogen and oxygen atoms in total. The Morgan fingerprint density at radius 2 is 1.24 bits per heavy atom. The number of aromatic nitrogens is 2. The lowest BCUT2D eigenvalue weighted by molar-refractivity contribution is -0.153. The summed E-state index contributed by atoms with van der Waals surface area (Å²) in [6.07, 6.45) is 10.2. The summed E-state index contributed by atoms with van der Waals surface area (Å²) in [5, 5.41) is 43.6. The van der Waals surface area contributed by atoms with Crippen molar-refractivity contribution in [3.05, 3.63) is 182 Å². The van der Waals surface area contributed by atoms with Gasteiger partial charge in [-0.1, -0.05) is 91.1 Å². The average Bonchev–Trinajstić information content (AvgIpc) is 3.37. The Morgan fingerprint density at radius 1 is 0.703 bits per heavy atom. The molecule has 0 radical (unpaired) electrons. The second-order valence-electron chi connectivity index (χ2n) is 18.3. The highest BCUT2D eigenvalue weighted by molar-refractivity contribution is 6.15. The topological polar surface area (TPSA) is 178 Å². The van der Waals surface area contributed by atoms with Crippen LogP contribution in [0.4, 0.5) is 26.3 Å². The molecule has 2 unspecified atom stereocenters. The normalized spacial score (nSPS) is 15.4. The number of hydrogen-bond acceptors (Lipinski definition) is 10. The fraction of sp³-hybridized carbons (Fsp3) is 0.281. The van der Waals surface area contributed by atoms with E-state index in [0.717, 1.165) is 40.0 Å². The van der Waals surface area contributed by atoms with E-state index in [1.165, 1.54) is 50.3 Å². The number of aliphatic carboxylic acids is 1. The van der Waals surface area contributed by atoms with Crippen molar-refractivity contribution < 1.29 is 56.0 Å². The molecule has 0 aliphatic heterocycles. The molecule has 1 aliphatic rings. The Labute approximate surface area is 425 Å². The van der Waals surface area contributed by atoms with Gasteiger partial charge in [-0.3, -0.25) is 25.4 Å². The minimum Gasteiger partial charge on any atom is -0.480 e. The number of esters is 1. The zero-order valence-electron chi connectivity index (χ0n) is 41.2. The highest BCUT2D eigenvalue weighted by atomic mass is 19.4. The van der Waals surface area contributed by atoms with Crippen molar-refractivity contribution >= 4 is 47.5 Å². The molecule has 388 valence electrons. The fourth-order valence-electron chi connectivity index (χ4n) is 8.01. The van der Waals surface area contributed by atoms with Crippen LogP contribution in [0.3, 0.4) is 0 Å². The molecule has 17 heteroatoms. The number of alkyl halides is 6. The van der Waals surface area contributed by atoms with Gasteiger partial charge in [-0.2, -0.15) is 26.3 Å². The number of nitrogens with one attached hydrogen (secondary N) is 3. The average molecular weight is 1020 g/mol. The first kappa shape index (κ1) is 56.0. The Balaban J connectivity index is 1.02. The molecule has 1 aromatic heterocycles. The van der Waals surface area contributed by atoms with Gasteiger partial charge in [-0.15, -0.1) is 0 Å². The third kappa shape index (κ3) is 14.0. The number of hydrogen-bond donors (Lipinski definition) is 6. The molecule has 0 fully saturated rings. The first-order valence-corrected chi connectivity index (χ1v) is 23.6. The van der Waals surface area contributed by atoms with Crippen LogP contribution in [0.2, 0.25) is 0 Å². The molecule has 0 bridgehead atoms. The lowest BCUT2D eigenvalue weighted by Gasteiger charge is -2.27. The van der Waals surface area contributed by atoms with E-state index in [1.54, 1.807) is 67.2 Å². The lowest BCUT2D eigenvalue weighted by Crippen LogP contribution is -2.53. The van der Waals surface area contributed by atoms with Crippen LogP contribution >= 0.6 is 0 Å². The Bertz CT molecular complexity index is 3020. The maximum absolute atomic E-state index is 14.1. The van der Waals surface area contributed by atoms with E-state index in [4.69, 9.17) is 10.1 Å². The molecule has 0 saturated carbocycles. The van der Waals surface area contributed by atoms with Crippen LogP contribution < -0.4 is 10.6 Å². The van der Waals surface area contributed by atoms with Gasteiger partial charge in [-0.05, 0) is 139 Å². The second-order valence-corrected chi connectivity index (χ2v) is 18.3. The number of carbonyl (C=O) groups excluding carboxylic acids is 1. The molecular formula is C57H57F6N5O6. The van der Waals surface area contributed by atoms with E-state index in [9.17, 15) is 51.3 Å². The number of ether oxygens (including phenoxy) is 1. The van der Waals surface area contributed by atoms with E-state index < -0.39 is 59.7 Å². The van der Waals surface area contributed by atoms with Crippen molar-refractivity contribution in [1.29, 1.82) is 5.41 Å². The zero-order valence-corrected chi connectivity index (χ0v) is 41.2. The Hall–Kier alpha value is -7.31. The second kappa shape index (κ2) is 24.2. The smallest absolute Gasteiger partial charge is 0.416 e. The number of benzene rings is 4. The molecule has 2 atom stereocenters. The molecule has 0 spiro atoms. The van der Waals surface area contributed by atoms with Crippen molar-refractivity contribution in [2.45, 2.75) is 83.5 Å². The van der Waals surface area contributed by atoms with Crippen molar-refractivity contribution in [3.63, 3.8) is 0 Å². The summed E-state index contributed by atoms with van der Waals surface area (Å²) in [5.41, 5.74) is 2.40. The van der Waals surface area contributed by atoms with Gasteiger partial charge in [0, 0.05) is 31.0 Å². The Morgan fingerprint density at radius 3 is 1.76 bits per heavy atom. The summed E-state index contributed by atoms with van der Waals surface area (Å²) in [7, 11) is 0. The number of halogens is 6. The first-order valence-electron chi connectivity index (χ1n) is 23.6. The SMILES string of the molecule is Cc1c(/C=C/c2cc(CNC(C)(CO)C(=O)O)ccc2C(F)(F)F)cccc1C1=CC(=N)/C(=C\CCCCOC(=O)C(C)(CO)NCc2ccc(C(F)(F)F)c(/C=C/c3cccc(-c4cnccn4)c3C)c2)C=C1. The highest BCUT2D eigenvalue weighted by Crippen LogP contribution is 2.36. The Kier molecular flexibility index (Phi) is 18.3. The summed E-state index contributed by atoms with van der Waals surface area (Å²) < 4.78 is 90.1. The molecular weight excluding hydrogens is 965 g/mol. The van der Waals surface area contributed by atoms with Gasteiger partial charge < -0.3 is 25.5 Å². The van der Waals surface area contributed by atoms with Gasteiger partial charge in [0.05, 0.1) is 48.6 Å². The number of allylic oxidation sites excluding steroid dienone is 6. The molecule has 5 aromatic rings. The van der Waals surface area contributed by atoms with E-state index in [1.807, 2.05) is 38.1 Å². The number of nitrogens with zero attached hydrogens (tertiary/aromatic N) is 2. The van der Waals surface area contributed by atoms with Gasteiger partial charge in [0.2, 0.25) is 0 Å². The lowest BCUT2D eigenvalue weighted by atomic mass is 9.90. The number of aliphatic hydroxyl groups excluding tert-OH is 2. The summed E-state index contributed by atoms with van der Waals surface area (Å²) in [5.74, 6) is -2.04. The number of rotatable bonds is 21. The van der Waals surface area contributed by atoms with E-state index in [0.29, 0.717) is 52.8 Å². The van der Waals surface area contributed by atoms with Crippen LogP contribution in [0.1, 0.15) is 94.3 Å². The van der Waals surface area contributed by atoms with Gasteiger partial charge in [-0.25, -0.2) is 4.79 Å². The molecule has 6 N–H and O–H groups in total. The predicted molar refractivity (Wildman–Crippen MR) is 274 cm³/mol. The maximum Gasteiger partial charge on any atom is 0.416 e. The number of carboxylic acids is 1. The van der Waals surface area contributed by atoms with Gasteiger partial charge in [0.1, 0.15) is 11.1 Å². The van der Waals surface area contributed by atoms with Crippen molar-refractivity contribution in [2.75, 3.05) is 19.8 Å². The first-order chi connectivity index (χ1) is 35.1. The van der Waals surface area contributed by atoms with Gasteiger partial charge >= 0.3 is 24.3 Å². The summed E-state index contributed by atoms with van der Waals surface area (Å²) >= 11 is 0. The molecule has 6 rings (SSSR count). The van der Waals surface area contributed by atoms with Crippen molar-refractivity contribution in [3.8, 4) is 11.3 Å². The minimum absolute atomic E-state index is 0.0322. The number of unbranched alkanes of at least 4 members (excludes halogenated alkanes) is 2. The minimum atomic E-state index is -4.66. The molecule has 1 aliphatic carbocycles. The number of aliphatic hydroxyl groups is 2. The third-order valence-electron chi connectivity index (χ3n) is 12.8. The van der Waals surface area contributed by atoms with Gasteiger partial charge in [0.15, 0.2) is 0 Å². The standard InChI is InChI=1S/C57H57F6N5O6/c1-36-40(17-21-44-28-38(15-23-48(44)56(58,59)60)31-67-54(3,34-69)52(71)72)11-8-13-46(36)43-20-19-42(50(64)30-43)10-6-5-7-27-74-53(73)55(4,35-70)68-32-39-16-24-49(57(61,62)63)45(29-39)22-18-41-12-9-14-47(37(41)2)51-33-65-25-26-66-51/h8-26,28-30,33,64,67-70H,5-7,27,31-32,34-35H2,1-4H3,(H,71,72)/b21-17+,22-18+,42-10-,64-50?. The highest BCUT2D eigenvalue weighted by Gasteiger charge is 2.36. The zero-order chi connectivity index (χ0) is 53.8. The van der Waals surface area contributed by atoms with Crippen LogP contribution in [0.15, 0.2) is 121 Å². The summed E-state index contributed by atoms with van der Waals surface area (Å²) in [4.78, 5) is 33.3. The fourth-order valence-corrected chi connectivity index (χ4v) is 8.01. The van der Waals surface area contributed by atoms with Crippen LogP contribution in [0.5, 0.6) is 0 Å². The van der Waals surface area contributed by atoms with E-state index in [-0.39, 0.29) is 36.5 Å². The van der Waals surface area contributed by atoms with E-state index >= 15 is 0 Å². The maximum atomic E-state index is 14.1. The van der Waals surface area contributed by atoms with Crippen molar-refractivity contribution in [2.24, 2.45) is 0 Å². The molecule has 1 heterocycles. The molecule has 74 heavy (non-hydrogen) atoms. The molecule has 0 saturated heterocycles. The summed E-state index contributed by atoms with van der Waals surface area (Å²) in [6.45, 7) is 4.92. The quantitative estimate of drug-likeness (QED) is 0.0179. The van der Waals surface area contributed by atoms with Crippen LogP contribution in [-0.4, -0.2) is 73.8 Å². The number of carbonyl (C=O) groups is 2. The predicted octanol–water partition coefficient (Wildman–Crippen LogP) is 11.2. The number of carboxylic acid groups (broad SMARTS) is 1. The largest absolute Gasteiger partial charge is 0.480 e. The van der Waals surface area contributed by atoms with Gasteiger partial charge in [0.25, 0.3) is 0 Å². The molecule has 0 amide bonds. The molecule has 4 aromatic carbocycles. The van der Waals surface area contributed by atoms with Crippen LogP contribution in [0.25, 0.3) is 41.1 Å². The monoisotopic (exact) mass is 1020 g/mol. The third-order valence-corrected chi connectivity index (χ3v) is 12.8. The summed E-state index contributed by atoms with van der Waals surface area (Å²) in [6, 6.07) is 18.0.